The molecule has 4 rings (SSSR count). The molecule has 186 valence electrons. The smallest absolute Gasteiger partial charge is 0.295 e. The minimum atomic E-state index is -0.759. The number of aliphatic hydroxyl groups is 1. The molecule has 0 spiro atoms. The quantitative estimate of drug-likeness (QED) is 0.269. The molecule has 1 fully saturated rings. The van der Waals surface area contributed by atoms with Gasteiger partial charge >= 0.3 is 0 Å². The van der Waals surface area contributed by atoms with Gasteiger partial charge in [-0.05, 0) is 53.9 Å². The molecular weight excluding hydrogens is 458 g/mol. The van der Waals surface area contributed by atoms with E-state index in [4.69, 9.17) is 14.2 Å². The van der Waals surface area contributed by atoms with Crippen molar-refractivity contribution in [3.63, 3.8) is 0 Å². The van der Waals surface area contributed by atoms with E-state index in [1.165, 1.54) is 12.0 Å². The maximum absolute atomic E-state index is 13.1. The zero-order valence-electron chi connectivity index (χ0n) is 20.6. The SMILES string of the molecule is COCCN1C(=O)C(=O)C(=C(O)c2ccc(OC)c(C)c2)[C@@H]1c1ccc(OCc2ccccc2)cc1. The molecule has 7 nitrogen and oxygen atoms in total. The van der Waals surface area contributed by atoms with Gasteiger partial charge in [-0.1, -0.05) is 42.5 Å². The van der Waals surface area contributed by atoms with E-state index in [9.17, 15) is 14.7 Å². The van der Waals surface area contributed by atoms with Crippen LogP contribution in [0.5, 0.6) is 11.5 Å². The molecule has 0 unspecified atom stereocenters. The number of aliphatic hydroxyl groups excluding tert-OH is 1. The van der Waals surface area contributed by atoms with Crippen molar-refractivity contribution in [3.8, 4) is 11.5 Å². The molecule has 1 saturated heterocycles. The minimum Gasteiger partial charge on any atom is -0.507 e. The number of methoxy groups -OCH3 is 2. The largest absolute Gasteiger partial charge is 0.507 e. The second kappa shape index (κ2) is 11.1. The summed E-state index contributed by atoms with van der Waals surface area (Å²) in [6, 6.07) is 21.4. The number of Topliss-reactive ketones (excluding diaryl/α,β-unsaturated/α-hetero) is 1. The monoisotopic (exact) mass is 487 g/mol. The molecular formula is C29H29NO6. The molecule has 3 aromatic rings. The van der Waals surface area contributed by atoms with Crippen LogP contribution in [0.15, 0.2) is 78.4 Å². The van der Waals surface area contributed by atoms with E-state index >= 15 is 0 Å². The number of benzene rings is 3. The fourth-order valence-electron chi connectivity index (χ4n) is 4.32. The molecule has 1 aliphatic heterocycles. The number of ether oxygens (including phenoxy) is 3. The van der Waals surface area contributed by atoms with Gasteiger partial charge in [0, 0.05) is 19.2 Å². The Bertz CT molecular complexity index is 1270. The highest BCUT2D eigenvalue weighted by molar-refractivity contribution is 6.46. The van der Waals surface area contributed by atoms with Gasteiger partial charge in [-0.25, -0.2) is 0 Å². The van der Waals surface area contributed by atoms with Crippen molar-refractivity contribution in [2.75, 3.05) is 27.4 Å². The van der Waals surface area contributed by atoms with Crippen molar-refractivity contribution in [1.82, 2.24) is 4.90 Å². The lowest BCUT2D eigenvalue weighted by Crippen LogP contribution is -2.32. The molecule has 36 heavy (non-hydrogen) atoms. The van der Waals surface area contributed by atoms with Crippen LogP contribution in [0.2, 0.25) is 0 Å². The van der Waals surface area contributed by atoms with Crippen molar-refractivity contribution >= 4 is 17.4 Å². The zero-order chi connectivity index (χ0) is 25.7. The second-order valence-electron chi connectivity index (χ2n) is 8.51. The summed E-state index contributed by atoms with van der Waals surface area (Å²) in [5.41, 5.74) is 3.00. The van der Waals surface area contributed by atoms with Gasteiger partial charge in [0.2, 0.25) is 0 Å². The lowest BCUT2D eigenvalue weighted by atomic mass is 9.94. The number of rotatable bonds is 9. The Labute approximate surface area is 210 Å². The predicted molar refractivity (Wildman–Crippen MR) is 136 cm³/mol. The molecule has 0 radical (unpaired) electrons. The Hall–Kier alpha value is -4.10. The van der Waals surface area contributed by atoms with Gasteiger partial charge in [-0.2, -0.15) is 0 Å². The van der Waals surface area contributed by atoms with Gasteiger partial charge < -0.3 is 24.2 Å². The van der Waals surface area contributed by atoms with Crippen LogP contribution in [0, 0.1) is 6.92 Å². The van der Waals surface area contributed by atoms with E-state index in [2.05, 4.69) is 0 Å². The summed E-state index contributed by atoms with van der Waals surface area (Å²) in [6.45, 7) is 2.72. The average Bonchev–Trinajstić information content (AvgIpc) is 3.16. The maximum atomic E-state index is 13.1. The predicted octanol–water partition coefficient (Wildman–Crippen LogP) is 4.65. The van der Waals surface area contributed by atoms with E-state index in [0.717, 1.165) is 11.1 Å². The lowest BCUT2D eigenvalue weighted by Gasteiger charge is -2.25. The lowest BCUT2D eigenvalue weighted by molar-refractivity contribution is -0.140. The standard InChI is InChI=1S/C29H29NO6/c1-19-17-22(11-14-24(19)35-3)27(31)25-26(30(15-16-34-2)29(33)28(25)32)21-9-12-23(13-10-21)36-18-20-7-5-4-6-8-20/h4-14,17,26,31H,15-16,18H2,1-3H3/t26-/m0/s1. The van der Waals surface area contributed by atoms with E-state index < -0.39 is 17.7 Å². The van der Waals surface area contributed by atoms with Crippen LogP contribution in [-0.2, 0) is 20.9 Å². The van der Waals surface area contributed by atoms with Crippen LogP contribution in [-0.4, -0.2) is 49.1 Å². The first-order valence-corrected chi connectivity index (χ1v) is 11.6. The third-order valence-electron chi connectivity index (χ3n) is 6.19. The molecule has 0 aromatic heterocycles. The highest BCUT2D eigenvalue weighted by atomic mass is 16.5. The van der Waals surface area contributed by atoms with E-state index in [1.54, 1.807) is 37.4 Å². The number of likely N-dealkylation sites (tertiary alicyclic amines) is 1. The first-order valence-electron chi connectivity index (χ1n) is 11.6. The summed E-state index contributed by atoms with van der Waals surface area (Å²) < 4.78 is 16.4. The highest BCUT2D eigenvalue weighted by Crippen LogP contribution is 2.40. The number of carbonyl (C=O) groups excluding carboxylic acids is 2. The summed E-state index contributed by atoms with van der Waals surface area (Å²) >= 11 is 0. The van der Waals surface area contributed by atoms with Crippen molar-refractivity contribution in [2.45, 2.75) is 19.6 Å². The minimum absolute atomic E-state index is 0.0404. The van der Waals surface area contributed by atoms with E-state index in [1.807, 2.05) is 49.4 Å². The topological polar surface area (TPSA) is 85.3 Å². The molecule has 1 heterocycles. The Balaban J connectivity index is 1.69. The third-order valence-corrected chi connectivity index (χ3v) is 6.19. The van der Waals surface area contributed by atoms with Gasteiger partial charge in [0.25, 0.3) is 11.7 Å². The highest BCUT2D eigenvalue weighted by Gasteiger charge is 2.45. The molecule has 0 saturated carbocycles. The maximum Gasteiger partial charge on any atom is 0.295 e. The van der Waals surface area contributed by atoms with Crippen molar-refractivity contribution in [1.29, 1.82) is 0 Å². The van der Waals surface area contributed by atoms with Crippen LogP contribution in [0.3, 0.4) is 0 Å². The van der Waals surface area contributed by atoms with Crippen LogP contribution in [0.25, 0.3) is 5.76 Å². The second-order valence-corrected chi connectivity index (χ2v) is 8.51. The summed E-state index contributed by atoms with van der Waals surface area (Å²) in [4.78, 5) is 27.5. The van der Waals surface area contributed by atoms with Crippen molar-refractivity contribution in [2.24, 2.45) is 0 Å². The molecule has 1 N–H and O–H groups in total. The van der Waals surface area contributed by atoms with Crippen molar-refractivity contribution in [3.05, 3.63) is 101 Å². The number of amides is 1. The Morgan fingerprint density at radius 3 is 2.33 bits per heavy atom. The molecule has 3 aromatic carbocycles. The first-order chi connectivity index (χ1) is 17.4. The molecule has 1 atom stereocenters. The van der Waals surface area contributed by atoms with Gasteiger partial charge in [0.15, 0.2) is 0 Å². The van der Waals surface area contributed by atoms with Gasteiger partial charge in [0.1, 0.15) is 23.9 Å². The summed E-state index contributed by atoms with van der Waals surface area (Å²) in [6.07, 6.45) is 0. The molecule has 0 aliphatic carbocycles. The normalized spacial score (nSPS) is 16.9. The number of nitrogens with zero attached hydrogens (tertiary/aromatic N) is 1. The number of ketones is 1. The number of hydrogen-bond acceptors (Lipinski definition) is 6. The third kappa shape index (κ3) is 5.11. The van der Waals surface area contributed by atoms with Crippen molar-refractivity contribution < 1.29 is 28.9 Å². The Morgan fingerprint density at radius 2 is 1.69 bits per heavy atom. The summed E-state index contributed by atoms with van der Waals surface area (Å²) in [5.74, 6) is -0.315. The molecule has 1 amide bonds. The fourth-order valence-corrected chi connectivity index (χ4v) is 4.32. The van der Waals surface area contributed by atoms with E-state index in [0.29, 0.717) is 29.2 Å². The van der Waals surface area contributed by atoms with Crippen LogP contribution in [0.1, 0.15) is 28.3 Å². The molecule has 0 bridgehead atoms. The van der Waals surface area contributed by atoms with Crippen LogP contribution < -0.4 is 9.47 Å². The number of aryl methyl sites for hydroxylation is 1. The summed E-state index contributed by atoms with van der Waals surface area (Å²) in [7, 11) is 3.10. The van der Waals surface area contributed by atoms with Crippen LogP contribution in [0.4, 0.5) is 0 Å². The van der Waals surface area contributed by atoms with Crippen LogP contribution >= 0.6 is 0 Å². The van der Waals surface area contributed by atoms with Gasteiger partial charge in [-0.15, -0.1) is 0 Å². The summed E-state index contributed by atoms with van der Waals surface area (Å²) in [5, 5.41) is 11.2. The Morgan fingerprint density at radius 1 is 0.972 bits per heavy atom. The fraction of sp³-hybridized carbons (Fsp3) is 0.241. The number of carbonyl (C=O) groups is 2. The molecule has 1 aliphatic rings. The zero-order valence-corrected chi connectivity index (χ0v) is 20.6. The first kappa shape index (κ1) is 25.0. The average molecular weight is 488 g/mol. The van der Waals surface area contributed by atoms with Gasteiger partial charge in [0.05, 0.1) is 25.3 Å². The van der Waals surface area contributed by atoms with Gasteiger partial charge in [-0.3, -0.25) is 9.59 Å². The number of hydrogen-bond donors (Lipinski definition) is 1. The van der Waals surface area contributed by atoms with E-state index in [-0.39, 0.29) is 24.5 Å². The Kier molecular flexibility index (Phi) is 7.71. The molecule has 7 heteroatoms.